The van der Waals surface area contributed by atoms with Crippen LogP contribution in [-0.4, -0.2) is 53.3 Å². The van der Waals surface area contributed by atoms with Gasteiger partial charge in [-0.3, -0.25) is 14.4 Å². The normalized spacial score (nSPS) is 23.7. The molecule has 176 valence electrons. The number of carbonyl (C=O) groups excluding carboxylic acids is 3. The van der Waals surface area contributed by atoms with Gasteiger partial charge < -0.3 is 24.6 Å². The largest absolute Gasteiger partial charge is 0.489 e. The van der Waals surface area contributed by atoms with E-state index in [2.05, 4.69) is 6.58 Å². The molecule has 2 unspecified atom stereocenters. The van der Waals surface area contributed by atoms with Gasteiger partial charge in [-0.15, -0.1) is 0 Å². The topological polar surface area (TPSA) is 88.2 Å². The average Bonchev–Trinajstić information content (AvgIpc) is 3.20. The van der Waals surface area contributed by atoms with E-state index in [1.165, 1.54) is 4.90 Å². The predicted molar refractivity (Wildman–Crippen MR) is 124 cm³/mol. The Bertz CT molecular complexity index is 1220. The van der Waals surface area contributed by atoms with Gasteiger partial charge in [0, 0.05) is 31.3 Å². The minimum absolute atomic E-state index is 0.0118. The lowest BCUT2D eigenvalue weighted by molar-refractivity contribution is -0.143. The first-order chi connectivity index (χ1) is 17.3. The Kier molecular flexibility index (Phi) is 5.42. The highest BCUT2D eigenvalue weighted by Crippen LogP contribution is 2.34. The molecule has 0 radical (unpaired) electrons. The number of morpholine rings is 1. The Hall–Kier alpha value is -3.65. The van der Waals surface area contributed by atoms with Gasteiger partial charge >= 0.3 is 0 Å². The van der Waals surface area contributed by atoms with Gasteiger partial charge in [-0.1, -0.05) is 36.9 Å². The van der Waals surface area contributed by atoms with Crippen LogP contribution in [0.2, 0.25) is 1.41 Å². The Morgan fingerprint density at radius 2 is 1.97 bits per heavy atom. The lowest BCUT2D eigenvalue weighted by Crippen LogP contribution is -2.49. The number of carbonyl (C=O) groups is 3. The molecule has 0 spiro atoms. The fraction of sp³-hybridized carbons (Fsp3) is 0.346. The van der Waals surface area contributed by atoms with Gasteiger partial charge in [0.05, 0.1) is 13.2 Å². The first-order valence-electron chi connectivity index (χ1n) is 12.3. The fourth-order valence-corrected chi connectivity index (χ4v) is 4.40. The maximum absolute atomic E-state index is 13.1. The van der Waals surface area contributed by atoms with Crippen LogP contribution in [-0.2, 0) is 34.0 Å². The van der Waals surface area contributed by atoms with Crippen molar-refractivity contribution in [3.63, 3.8) is 0 Å². The summed E-state index contributed by atoms with van der Waals surface area (Å²) >= 11 is 0. The Morgan fingerprint density at radius 1 is 1.18 bits per heavy atom. The summed E-state index contributed by atoms with van der Waals surface area (Å²) in [5, 5.41) is 0.696. The van der Waals surface area contributed by atoms with Gasteiger partial charge in [-0.25, -0.2) is 0 Å². The molecule has 8 nitrogen and oxygen atoms in total. The van der Waals surface area contributed by atoms with E-state index < -0.39 is 18.3 Å². The molecule has 8 heteroatoms. The van der Waals surface area contributed by atoms with Crippen LogP contribution < -0.4 is 10.0 Å². The summed E-state index contributed by atoms with van der Waals surface area (Å²) in [5.74, 6) is -0.423. The lowest BCUT2D eigenvalue weighted by Gasteiger charge is -2.31. The number of rotatable bonds is 6. The molecule has 1 N–H and O–H groups in total. The number of hydrogen-bond acceptors (Lipinski definition) is 5. The van der Waals surface area contributed by atoms with Gasteiger partial charge in [0.1, 0.15) is 25.0 Å². The number of amides is 3. The van der Waals surface area contributed by atoms with E-state index >= 15 is 0 Å². The summed E-state index contributed by atoms with van der Waals surface area (Å²) in [6.45, 7) is 5.89. The van der Waals surface area contributed by atoms with Crippen molar-refractivity contribution in [2.24, 2.45) is 0 Å². The predicted octanol–water partition coefficient (Wildman–Crippen LogP) is 2.37. The van der Waals surface area contributed by atoms with Crippen LogP contribution in [0, 0.1) is 0 Å². The van der Waals surface area contributed by atoms with Crippen molar-refractivity contribution in [1.82, 2.24) is 15.1 Å². The highest BCUT2D eigenvalue weighted by atomic mass is 16.5. The van der Waals surface area contributed by atoms with E-state index in [4.69, 9.17) is 12.3 Å². The number of nitrogens with zero attached hydrogens (tertiary/aromatic N) is 2. The third-order valence-electron chi connectivity index (χ3n) is 6.26. The first-order valence-corrected chi connectivity index (χ1v) is 11.3. The summed E-state index contributed by atoms with van der Waals surface area (Å²) in [6.07, 6.45) is -0.723. The Morgan fingerprint density at radius 3 is 2.76 bits per heavy atom. The molecule has 3 amide bonds. The minimum Gasteiger partial charge on any atom is -0.489 e. The number of benzene rings is 2. The molecule has 2 fully saturated rings. The Balaban J connectivity index is 1.26. The zero-order valence-corrected chi connectivity index (χ0v) is 18.7. The zero-order chi connectivity index (χ0) is 25.4. The second-order valence-corrected chi connectivity index (χ2v) is 8.59. The highest BCUT2D eigenvalue weighted by molar-refractivity contribution is 6.02. The van der Waals surface area contributed by atoms with Crippen LogP contribution >= 0.6 is 0 Å². The summed E-state index contributed by atoms with van der Waals surface area (Å²) in [5.41, 5.74) is 3.32. The molecular formula is C26H27N3O5. The number of ether oxygens (including phenoxy) is 2. The third-order valence-corrected chi connectivity index (χ3v) is 6.26. The van der Waals surface area contributed by atoms with Gasteiger partial charge in [0.2, 0.25) is 11.8 Å². The maximum Gasteiger partial charge on any atom is 0.255 e. The van der Waals surface area contributed by atoms with Crippen molar-refractivity contribution in [3.05, 3.63) is 77.0 Å². The van der Waals surface area contributed by atoms with Crippen molar-refractivity contribution in [2.75, 3.05) is 19.8 Å². The first kappa shape index (κ1) is 19.8. The maximum atomic E-state index is 13.1. The molecule has 5 rings (SSSR count). The van der Waals surface area contributed by atoms with Gasteiger partial charge in [0.25, 0.3) is 5.91 Å². The number of piperidine rings is 1. The van der Waals surface area contributed by atoms with Gasteiger partial charge in [-0.2, -0.15) is 0 Å². The van der Waals surface area contributed by atoms with E-state index in [-0.39, 0.29) is 43.7 Å². The quantitative estimate of drug-likeness (QED) is 0.711. The second-order valence-electron chi connectivity index (χ2n) is 8.59. The van der Waals surface area contributed by atoms with Crippen LogP contribution in [0.3, 0.4) is 0 Å². The molecule has 3 aliphatic heterocycles. The van der Waals surface area contributed by atoms with Gasteiger partial charge in [0.15, 0.2) is 1.41 Å². The van der Waals surface area contributed by atoms with E-state index in [9.17, 15) is 14.4 Å². The van der Waals surface area contributed by atoms with Crippen LogP contribution in [0.4, 0.5) is 0 Å². The molecule has 0 aromatic heterocycles. The molecule has 2 aromatic carbocycles. The summed E-state index contributed by atoms with van der Waals surface area (Å²) < 4.78 is 27.5. The van der Waals surface area contributed by atoms with E-state index in [1.807, 2.05) is 24.3 Å². The SMILES string of the molecule is [2H]C1CC(=C)N([2H])C(=O)C1N1Cc2c(OCc3ccc(CN4CCOCC4=O)cc3)cccc2C1=O. The van der Waals surface area contributed by atoms with Crippen LogP contribution in [0.5, 0.6) is 5.75 Å². The van der Waals surface area contributed by atoms with Crippen molar-refractivity contribution in [3.8, 4) is 5.75 Å². The summed E-state index contributed by atoms with van der Waals surface area (Å²) in [4.78, 5) is 40.9. The highest BCUT2D eigenvalue weighted by Gasteiger charge is 2.39. The standard InChI is InChI=1S/C26H27N3O5/c1-17-5-10-22(25(31)27-17)29-14-21-20(26(29)32)3-2-4-23(21)34-15-19-8-6-18(7-9-19)13-28-11-12-33-16-24(28)30/h2-4,6-9,22H,1,5,10-16H2,(H,27,31)/i10D/hD. The minimum atomic E-state index is -1.04. The number of nitrogens with one attached hydrogen (secondary N) is 1. The zero-order valence-electron chi connectivity index (χ0n) is 20.7. The van der Waals surface area contributed by atoms with Crippen molar-refractivity contribution < 1.29 is 26.6 Å². The van der Waals surface area contributed by atoms with E-state index in [1.54, 1.807) is 23.1 Å². The number of allylic oxidation sites excluding steroid dienone is 1. The van der Waals surface area contributed by atoms with E-state index in [0.717, 1.165) is 11.1 Å². The monoisotopic (exact) mass is 463 g/mol. The Labute approximate surface area is 201 Å². The molecule has 0 bridgehead atoms. The van der Waals surface area contributed by atoms with Crippen LogP contribution in [0.1, 0.15) is 41.2 Å². The van der Waals surface area contributed by atoms with Crippen LogP contribution in [0.25, 0.3) is 0 Å². The summed E-state index contributed by atoms with van der Waals surface area (Å²) in [7, 11) is 0. The van der Waals surface area contributed by atoms with Crippen molar-refractivity contribution in [1.29, 1.82) is 0 Å². The number of fused-ring (bicyclic) bond motifs is 1. The smallest absolute Gasteiger partial charge is 0.255 e. The lowest BCUT2D eigenvalue weighted by atomic mass is 10.0. The molecular weight excluding hydrogens is 434 g/mol. The average molecular weight is 464 g/mol. The molecule has 3 aliphatic rings. The van der Waals surface area contributed by atoms with Gasteiger partial charge in [-0.05, 0) is 36.1 Å². The molecule has 3 heterocycles. The second kappa shape index (κ2) is 9.30. The van der Waals surface area contributed by atoms with Crippen molar-refractivity contribution in [2.45, 2.75) is 38.6 Å². The molecule has 2 saturated heterocycles. The van der Waals surface area contributed by atoms with Crippen molar-refractivity contribution >= 4 is 17.7 Å². The fourth-order valence-electron chi connectivity index (χ4n) is 4.40. The third kappa shape index (κ3) is 4.41. The molecule has 0 aliphatic carbocycles. The summed E-state index contributed by atoms with van der Waals surface area (Å²) in [6, 6.07) is 12.0. The number of hydrogen-bond donors (Lipinski definition) is 1. The molecule has 2 aromatic rings. The molecule has 0 saturated carbocycles. The molecule has 34 heavy (non-hydrogen) atoms. The van der Waals surface area contributed by atoms with E-state index in [0.29, 0.717) is 41.9 Å². The van der Waals surface area contributed by atoms with Crippen LogP contribution in [0.15, 0.2) is 54.7 Å². The molecule has 2 atom stereocenters.